The van der Waals surface area contributed by atoms with E-state index in [1.54, 1.807) is 12.1 Å². The minimum Gasteiger partial charge on any atom is -0.423 e. The van der Waals surface area contributed by atoms with Crippen molar-refractivity contribution in [3.05, 3.63) is 70.1 Å². The number of rotatable bonds is 4. The predicted molar refractivity (Wildman–Crippen MR) is 88.4 cm³/mol. The summed E-state index contributed by atoms with van der Waals surface area (Å²) in [5.41, 5.74) is 2.94. The first-order chi connectivity index (χ1) is 11.8. The zero-order valence-electron chi connectivity index (χ0n) is 13.4. The van der Waals surface area contributed by atoms with Gasteiger partial charge in [-0.1, -0.05) is 36.4 Å². The highest BCUT2D eigenvalue weighted by atomic mass is 19.4. The highest BCUT2D eigenvalue weighted by molar-refractivity contribution is 5.94. The van der Waals surface area contributed by atoms with Gasteiger partial charge in [-0.25, -0.2) is 4.79 Å². The van der Waals surface area contributed by atoms with E-state index >= 15 is 0 Å². The fourth-order valence-corrected chi connectivity index (χ4v) is 2.68. The SMILES string of the molecule is Cc1ccccc1-c1cc(=O)oc2cc(COCC(F)(F)F)ccc12. The van der Waals surface area contributed by atoms with Crippen molar-refractivity contribution in [2.75, 3.05) is 6.61 Å². The smallest absolute Gasteiger partial charge is 0.411 e. The van der Waals surface area contributed by atoms with Crippen LogP contribution in [0.5, 0.6) is 0 Å². The molecular formula is C19H15F3O3. The molecule has 0 aliphatic heterocycles. The predicted octanol–water partition coefficient (Wildman–Crippen LogP) is 4.85. The summed E-state index contributed by atoms with van der Waals surface area (Å²) in [6.45, 7) is 0.404. The van der Waals surface area contributed by atoms with Gasteiger partial charge in [-0.15, -0.1) is 0 Å². The van der Waals surface area contributed by atoms with Crippen molar-refractivity contribution in [2.45, 2.75) is 19.7 Å². The van der Waals surface area contributed by atoms with E-state index in [0.29, 0.717) is 16.5 Å². The van der Waals surface area contributed by atoms with Crippen molar-refractivity contribution in [1.82, 2.24) is 0 Å². The third-order valence-corrected chi connectivity index (χ3v) is 3.78. The second-order valence-electron chi connectivity index (χ2n) is 5.73. The molecule has 0 radical (unpaired) electrons. The highest BCUT2D eigenvalue weighted by Gasteiger charge is 2.27. The second kappa shape index (κ2) is 6.72. The summed E-state index contributed by atoms with van der Waals surface area (Å²) < 4.78 is 46.3. The largest absolute Gasteiger partial charge is 0.423 e. The molecule has 0 aliphatic rings. The van der Waals surface area contributed by atoms with Crippen LogP contribution in [0.2, 0.25) is 0 Å². The van der Waals surface area contributed by atoms with Gasteiger partial charge in [-0.2, -0.15) is 13.2 Å². The maximum atomic E-state index is 12.2. The molecule has 3 aromatic rings. The molecule has 0 saturated heterocycles. The zero-order valence-corrected chi connectivity index (χ0v) is 13.4. The first-order valence-corrected chi connectivity index (χ1v) is 7.61. The van der Waals surface area contributed by atoms with E-state index in [2.05, 4.69) is 4.74 Å². The van der Waals surface area contributed by atoms with Gasteiger partial charge in [0.05, 0.1) is 6.61 Å². The van der Waals surface area contributed by atoms with Crippen LogP contribution < -0.4 is 5.63 Å². The van der Waals surface area contributed by atoms with E-state index < -0.39 is 18.4 Å². The number of aryl methyl sites for hydroxylation is 1. The van der Waals surface area contributed by atoms with E-state index in [-0.39, 0.29) is 6.61 Å². The minimum atomic E-state index is -4.37. The molecular weight excluding hydrogens is 333 g/mol. The van der Waals surface area contributed by atoms with Gasteiger partial charge in [0.1, 0.15) is 12.2 Å². The Morgan fingerprint density at radius 1 is 1.04 bits per heavy atom. The number of ether oxygens (including phenoxy) is 1. The molecule has 0 spiro atoms. The standard InChI is InChI=1S/C19H15F3O3/c1-12-4-2-3-5-14(12)16-9-18(23)25-17-8-13(6-7-15(16)17)10-24-11-19(20,21)22/h2-9H,10-11H2,1H3. The number of fused-ring (bicyclic) bond motifs is 1. The lowest BCUT2D eigenvalue weighted by Gasteiger charge is -2.10. The van der Waals surface area contributed by atoms with Gasteiger partial charge in [0, 0.05) is 17.0 Å². The van der Waals surface area contributed by atoms with E-state index in [0.717, 1.165) is 16.7 Å². The summed E-state index contributed by atoms with van der Waals surface area (Å²) in [5, 5.41) is 0.716. The van der Waals surface area contributed by atoms with Gasteiger partial charge >= 0.3 is 11.8 Å². The quantitative estimate of drug-likeness (QED) is 0.633. The molecule has 0 aliphatic carbocycles. The monoisotopic (exact) mass is 348 g/mol. The van der Waals surface area contributed by atoms with Crippen molar-refractivity contribution in [1.29, 1.82) is 0 Å². The fraction of sp³-hybridized carbons (Fsp3) is 0.211. The summed E-state index contributed by atoms with van der Waals surface area (Å²) in [5.74, 6) is 0. The van der Waals surface area contributed by atoms with Gasteiger partial charge in [0.15, 0.2) is 0 Å². The molecule has 25 heavy (non-hydrogen) atoms. The van der Waals surface area contributed by atoms with Crippen molar-refractivity contribution >= 4 is 11.0 Å². The Morgan fingerprint density at radius 3 is 2.52 bits per heavy atom. The van der Waals surface area contributed by atoms with Gasteiger partial charge in [0.25, 0.3) is 0 Å². The zero-order chi connectivity index (χ0) is 18.0. The van der Waals surface area contributed by atoms with Crippen LogP contribution in [0.4, 0.5) is 13.2 Å². The molecule has 0 N–H and O–H groups in total. The van der Waals surface area contributed by atoms with E-state index in [1.165, 1.54) is 12.1 Å². The van der Waals surface area contributed by atoms with Crippen molar-refractivity contribution in [3.63, 3.8) is 0 Å². The summed E-state index contributed by atoms with van der Waals surface area (Å²) in [6.07, 6.45) is -4.37. The van der Waals surface area contributed by atoms with Crippen LogP contribution in [0.1, 0.15) is 11.1 Å². The van der Waals surface area contributed by atoms with Crippen LogP contribution in [0.25, 0.3) is 22.1 Å². The van der Waals surface area contributed by atoms with E-state index in [9.17, 15) is 18.0 Å². The van der Waals surface area contributed by atoms with Crippen LogP contribution in [0, 0.1) is 6.92 Å². The Labute approximate surface area is 141 Å². The minimum absolute atomic E-state index is 0.215. The molecule has 0 atom stereocenters. The normalized spacial score (nSPS) is 11.8. The molecule has 3 nitrogen and oxygen atoms in total. The summed E-state index contributed by atoms with van der Waals surface area (Å²) in [6, 6.07) is 14.0. The number of benzene rings is 2. The fourth-order valence-electron chi connectivity index (χ4n) is 2.68. The molecule has 1 aromatic heterocycles. The number of alkyl halides is 3. The lowest BCUT2D eigenvalue weighted by Crippen LogP contribution is -2.16. The Hall–Kier alpha value is -2.60. The maximum absolute atomic E-state index is 12.2. The molecule has 1 heterocycles. The Kier molecular flexibility index (Phi) is 4.63. The van der Waals surface area contributed by atoms with Gasteiger partial charge in [-0.05, 0) is 29.7 Å². The number of hydrogen-bond donors (Lipinski definition) is 0. The third-order valence-electron chi connectivity index (χ3n) is 3.78. The van der Waals surface area contributed by atoms with E-state index in [4.69, 9.17) is 4.42 Å². The summed E-state index contributed by atoms with van der Waals surface area (Å²) >= 11 is 0. The summed E-state index contributed by atoms with van der Waals surface area (Å²) in [4.78, 5) is 11.9. The molecule has 0 fully saturated rings. The first-order valence-electron chi connectivity index (χ1n) is 7.61. The van der Waals surface area contributed by atoms with Crippen molar-refractivity contribution in [3.8, 4) is 11.1 Å². The third kappa shape index (κ3) is 4.09. The average Bonchev–Trinajstić information content (AvgIpc) is 2.53. The molecule has 6 heteroatoms. The molecule has 0 bridgehead atoms. The van der Waals surface area contributed by atoms with Crippen LogP contribution >= 0.6 is 0 Å². The number of hydrogen-bond acceptors (Lipinski definition) is 3. The maximum Gasteiger partial charge on any atom is 0.411 e. The average molecular weight is 348 g/mol. The molecule has 3 rings (SSSR count). The number of halogens is 3. The molecule has 0 unspecified atom stereocenters. The second-order valence-corrected chi connectivity index (χ2v) is 5.73. The van der Waals surface area contributed by atoms with Crippen molar-refractivity contribution in [2.24, 2.45) is 0 Å². The Bertz CT molecular complexity index is 958. The van der Waals surface area contributed by atoms with E-state index in [1.807, 2.05) is 31.2 Å². The van der Waals surface area contributed by atoms with Gasteiger partial charge in [0.2, 0.25) is 0 Å². The Balaban J connectivity index is 1.99. The molecule has 130 valence electrons. The lowest BCUT2D eigenvalue weighted by molar-refractivity contribution is -0.176. The van der Waals surface area contributed by atoms with Crippen molar-refractivity contribution < 1.29 is 22.3 Å². The Morgan fingerprint density at radius 2 is 1.80 bits per heavy atom. The topological polar surface area (TPSA) is 39.4 Å². The lowest BCUT2D eigenvalue weighted by atomic mass is 9.97. The van der Waals surface area contributed by atoms with Crippen LogP contribution in [0.3, 0.4) is 0 Å². The highest BCUT2D eigenvalue weighted by Crippen LogP contribution is 2.30. The van der Waals surface area contributed by atoms with Crippen LogP contribution in [-0.2, 0) is 11.3 Å². The first kappa shape index (κ1) is 17.2. The summed E-state index contributed by atoms with van der Waals surface area (Å²) in [7, 11) is 0. The van der Waals surface area contributed by atoms with Gasteiger partial charge in [-0.3, -0.25) is 0 Å². The molecule has 0 saturated carbocycles. The van der Waals surface area contributed by atoms with Crippen LogP contribution in [0.15, 0.2) is 57.7 Å². The molecule has 2 aromatic carbocycles. The molecule has 0 amide bonds. The van der Waals surface area contributed by atoms with Gasteiger partial charge < -0.3 is 9.15 Å². The van der Waals surface area contributed by atoms with Crippen LogP contribution in [-0.4, -0.2) is 12.8 Å².